The fourth-order valence-corrected chi connectivity index (χ4v) is 2.23. The maximum atomic E-state index is 3.64. The Labute approximate surface area is 86.5 Å². The van der Waals surface area contributed by atoms with Crippen LogP contribution in [0.25, 0.3) is 0 Å². The van der Waals surface area contributed by atoms with Gasteiger partial charge in [0.15, 0.2) is 0 Å². The third-order valence-electron chi connectivity index (χ3n) is 3.30. The smallest absolute Gasteiger partial charge is 0.0320 e. The predicted molar refractivity (Wildman–Crippen MR) is 60.2 cm³/mol. The van der Waals surface area contributed by atoms with Gasteiger partial charge in [0, 0.05) is 6.04 Å². The normalized spacial score (nSPS) is 27.5. The summed E-state index contributed by atoms with van der Waals surface area (Å²) in [6.07, 6.45) is 3.99. The molecule has 1 saturated heterocycles. The Morgan fingerprint density at radius 1 is 1.21 bits per heavy atom. The van der Waals surface area contributed by atoms with Gasteiger partial charge in [-0.25, -0.2) is 0 Å². The predicted octanol–water partition coefficient (Wildman–Crippen LogP) is 3.14. The molecule has 1 aliphatic heterocycles. The van der Waals surface area contributed by atoms with Crippen LogP contribution in [0.4, 0.5) is 0 Å². The minimum atomic E-state index is 0.596. The highest BCUT2D eigenvalue weighted by molar-refractivity contribution is 5.19. The average Bonchev–Trinajstić information content (AvgIpc) is 2.30. The Balaban J connectivity index is 1.96. The van der Waals surface area contributed by atoms with E-state index < -0.39 is 0 Å². The number of piperidine rings is 1. The van der Waals surface area contributed by atoms with Gasteiger partial charge in [-0.3, -0.25) is 0 Å². The second kappa shape index (κ2) is 4.61. The zero-order valence-electron chi connectivity index (χ0n) is 8.87. The second-order valence-corrected chi connectivity index (χ2v) is 4.22. The number of rotatable bonds is 2. The molecule has 0 spiro atoms. The van der Waals surface area contributed by atoms with Crippen LogP contribution in [0.15, 0.2) is 30.3 Å². The van der Waals surface area contributed by atoms with Gasteiger partial charge in [-0.05, 0) is 30.9 Å². The molecule has 0 saturated carbocycles. The van der Waals surface area contributed by atoms with E-state index in [0.29, 0.717) is 6.04 Å². The topological polar surface area (TPSA) is 12.0 Å². The zero-order valence-corrected chi connectivity index (χ0v) is 8.87. The van der Waals surface area contributed by atoms with E-state index in [9.17, 15) is 0 Å². The van der Waals surface area contributed by atoms with Gasteiger partial charge in [-0.1, -0.05) is 43.7 Å². The molecule has 2 atom stereocenters. The molecule has 1 fully saturated rings. The molecule has 1 aliphatic rings. The summed E-state index contributed by atoms with van der Waals surface area (Å²) in [7, 11) is 0. The molecule has 1 unspecified atom stereocenters. The summed E-state index contributed by atoms with van der Waals surface area (Å²) in [6, 6.07) is 11.4. The monoisotopic (exact) mass is 189 g/mol. The maximum Gasteiger partial charge on any atom is 0.0320 e. The molecular weight excluding hydrogens is 170 g/mol. The number of hydrogen-bond donors (Lipinski definition) is 1. The summed E-state index contributed by atoms with van der Waals surface area (Å²) in [6.45, 7) is 3.48. The molecule has 1 N–H and O–H groups in total. The molecule has 0 bridgehead atoms. The number of benzene rings is 1. The van der Waals surface area contributed by atoms with E-state index in [0.717, 1.165) is 5.92 Å². The third kappa shape index (κ3) is 2.16. The lowest BCUT2D eigenvalue weighted by molar-refractivity contribution is 0.308. The highest BCUT2D eigenvalue weighted by atomic mass is 14.9. The first-order valence-corrected chi connectivity index (χ1v) is 5.68. The van der Waals surface area contributed by atoms with Crippen molar-refractivity contribution in [1.29, 1.82) is 0 Å². The van der Waals surface area contributed by atoms with Gasteiger partial charge in [0.1, 0.15) is 0 Å². The lowest BCUT2D eigenvalue weighted by Crippen LogP contribution is -2.32. The molecule has 0 aromatic heterocycles. The minimum Gasteiger partial charge on any atom is -0.310 e. The molecular formula is C13H19N. The van der Waals surface area contributed by atoms with Gasteiger partial charge in [0.25, 0.3) is 0 Å². The summed E-state index contributed by atoms with van der Waals surface area (Å²) < 4.78 is 0. The van der Waals surface area contributed by atoms with Crippen LogP contribution in [0.1, 0.15) is 37.8 Å². The Kier molecular flexibility index (Phi) is 3.20. The quantitative estimate of drug-likeness (QED) is 0.753. The summed E-state index contributed by atoms with van der Waals surface area (Å²) in [5.74, 6) is 0.898. The van der Waals surface area contributed by atoms with Crippen molar-refractivity contribution in [2.24, 2.45) is 5.92 Å². The molecule has 1 nitrogen and oxygen atoms in total. The molecule has 1 heteroatoms. The van der Waals surface area contributed by atoms with Crippen LogP contribution in [0.5, 0.6) is 0 Å². The van der Waals surface area contributed by atoms with Crippen LogP contribution in [0.2, 0.25) is 0 Å². The van der Waals surface area contributed by atoms with E-state index in [1.54, 1.807) is 0 Å². The number of hydrogen-bond acceptors (Lipinski definition) is 1. The van der Waals surface area contributed by atoms with Crippen molar-refractivity contribution in [3.05, 3.63) is 35.9 Å². The summed E-state index contributed by atoms with van der Waals surface area (Å²) in [5.41, 5.74) is 1.45. The molecule has 1 aromatic rings. The van der Waals surface area contributed by atoms with Crippen molar-refractivity contribution in [1.82, 2.24) is 5.32 Å². The van der Waals surface area contributed by atoms with Gasteiger partial charge in [0.2, 0.25) is 0 Å². The van der Waals surface area contributed by atoms with Crippen LogP contribution >= 0.6 is 0 Å². The Hall–Kier alpha value is -0.820. The van der Waals surface area contributed by atoms with Crippen LogP contribution in [-0.4, -0.2) is 6.54 Å². The fraction of sp³-hybridized carbons (Fsp3) is 0.538. The van der Waals surface area contributed by atoms with Crippen molar-refractivity contribution in [3.8, 4) is 0 Å². The molecule has 1 aromatic carbocycles. The van der Waals surface area contributed by atoms with E-state index in [1.165, 1.54) is 31.4 Å². The molecule has 76 valence electrons. The number of nitrogens with one attached hydrogen (secondary N) is 1. The van der Waals surface area contributed by atoms with Crippen LogP contribution in [0.3, 0.4) is 0 Å². The van der Waals surface area contributed by atoms with E-state index in [1.807, 2.05) is 0 Å². The first-order valence-electron chi connectivity index (χ1n) is 5.68. The standard InChI is InChI=1S/C13H19N/c1-2-11-8-9-13(14-10-11)12-6-4-3-5-7-12/h3-7,11,13-14H,2,8-10H2,1H3/t11?,13-/m0/s1. The minimum absolute atomic E-state index is 0.596. The largest absolute Gasteiger partial charge is 0.310 e. The van der Waals surface area contributed by atoms with E-state index in [-0.39, 0.29) is 0 Å². The second-order valence-electron chi connectivity index (χ2n) is 4.22. The average molecular weight is 189 g/mol. The van der Waals surface area contributed by atoms with Gasteiger partial charge < -0.3 is 5.32 Å². The maximum absolute atomic E-state index is 3.64. The fourth-order valence-electron chi connectivity index (χ4n) is 2.23. The van der Waals surface area contributed by atoms with Crippen molar-refractivity contribution in [3.63, 3.8) is 0 Å². The highest BCUT2D eigenvalue weighted by Crippen LogP contribution is 2.26. The van der Waals surface area contributed by atoms with Gasteiger partial charge >= 0.3 is 0 Å². The van der Waals surface area contributed by atoms with Gasteiger partial charge in [-0.15, -0.1) is 0 Å². The molecule has 0 radical (unpaired) electrons. The molecule has 2 rings (SSSR count). The Bertz CT molecular complexity index is 260. The molecule has 1 heterocycles. The lowest BCUT2D eigenvalue weighted by Gasteiger charge is -2.29. The van der Waals surface area contributed by atoms with Gasteiger partial charge in [-0.2, -0.15) is 0 Å². The van der Waals surface area contributed by atoms with Crippen molar-refractivity contribution in [2.45, 2.75) is 32.2 Å². The third-order valence-corrected chi connectivity index (χ3v) is 3.30. The van der Waals surface area contributed by atoms with Crippen LogP contribution in [0, 0.1) is 5.92 Å². The van der Waals surface area contributed by atoms with E-state index in [4.69, 9.17) is 0 Å². The summed E-state index contributed by atoms with van der Waals surface area (Å²) in [4.78, 5) is 0. The lowest BCUT2D eigenvalue weighted by atomic mass is 9.90. The Morgan fingerprint density at radius 3 is 2.57 bits per heavy atom. The summed E-state index contributed by atoms with van der Waals surface area (Å²) >= 11 is 0. The SMILES string of the molecule is CCC1CC[C@@H](c2ccccc2)NC1. The van der Waals surface area contributed by atoms with Crippen molar-refractivity contribution >= 4 is 0 Å². The van der Waals surface area contributed by atoms with Crippen LogP contribution in [-0.2, 0) is 0 Å². The first-order chi connectivity index (χ1) is 6.90. The van der Waals surface area contributed by atoms with Crippen molar-refractivity contribution < 1.29 is 0 Å². The highest BCUT2D eigenvalue weighted by Gasteiger charge is 2.19. The zero-order chi connectivity index (χ0) is 9.80. The Morgan fingerprint density at radius 2 is 2.00 bits per heavy atom. The first kappa shape index (κ1) is 9.72. The summed E-state index contributed by atoms with van der Waals surface area (Å²) in [5, 5.41) is 3.64. The van der Waals surface area contributed by atoms with Crippen molar-refractivity contribution in [2.75, 3.05) is 6.54 Å². The van der Waals surface area contributed by atoms with Crippen LogP contribution < -0.4 is 5.32 Å². The molecule has 0 amide bonds. The van der Waals surface area contributed by atoms with Gasteiger partial charge in [0.05, 0.1) is 0 Å². The van der Waals surface area contributed by atoms with E-state index >= 15 is 0 Å². The van der Waals surface area contributed by atoms with E-state index in [2.05, 4.69) is 42.6 Å². The molecule has 0 aliphatic carbocycles. The molecule has 14 heavy (non-hydrogen) atoms.